The van der Waals surface area contributed by atoms with Gasteiger partial charge in [-0.05, 0) is 30.5 Å². The molecule has 0 unspecified atom stereocenters. The van der Waals surface area contributed by atoms with E-state index in [9.17, 15) is 4.79 Å². The van der Waals surface area contributed by atoms with Crippen LogP contribution in [0.5, 0.6) is 0 Å². The molecule has 0 saturated carbocycles. The van der Waals surface area contributed by atoms with Crippen LogP contribution in [0.2, 0.25) is 0 Å². The van der Waals surface area contributed by atoms with E-state index in [1.807, 2.05) is 54.8 Å². The molecule has 0 atom stereocenters. The SMILES string of the molecule is CCOC(=O)Cc1cccs1.Nc1ccccc1. The van der Waals surface area contributed by atoms with E-state index in [1.54, 1.807) is 11.3 Å². The molecule has 4 heteroatoms. The number of benzene rings is 1. The zero-order valence-electron chi connectivity index (χ0n) is 10.3. The van der Waals surface area contributed by atoms with Crippen molar-refractivity contribution in [3.05, 3.63) is 52.7 Å². The van der Waals surface area contributed by atoms with Crippen molar-refractivity contribution in [1.82, 2.24) is 0 Å². The van der Waals surface area contributed by atoms with Gasteiger partial charge in [-0.15, -0.1) is 11.3 Å². The van der Waals surface area contributed by atoms with E-state index in [0.717, 1.165) is 10.6 Å². The van der Waals surface area contributed by atoms with E-state index in [2.05, 4.69) is 0 Å². The first-order valence-electron chi connectivity index (χ1n) is 5.71. The highest BCUT2D eigenvalue weighted by Crippen LogP contribution is 2.09. The van der Waals surface area contributed by atoms with Gasteiger partial charge >= 0.3 is 5.97 Å². The Morgan fingerprint density at radius 1 is 1.22 bits per heavy atom. The average molecular weight is 263 g/mol. The summed E-state index contributed by atoms with van der Waals surface area (Å²) in [7, 11) is 0. The highest BCUT2D eigenvalue weighted by Gasteiger charge is 2.02. The largest absolute Gasteiger partial charge is 0.466 e. The van der Waals surface area contributed by atoms with Gasteiger partial charge in [0.05, 0.1) is 13.0 Å². The quantitative estimate of drug-likeness (QED) is 0.683. The molecule has 0 aliphatic rings. The fourth-order valence-electron chi connectivity index (χ4n) is 1.22. The van der Waals surface area contributed by atoms with Crippen LogP contribution in [-0.4, -0.2) is 12.6 Å². The fraction of sp³-hybridized carbons (Fsp3) is 0.214. The highest BCUT2D eigenvalue weighted by molar-refractivity contribution is 7.10. The fourth-order valence-corrected chi connectivity index (χ4v) is 1.91. The number of hydrogen-bond donors (Lipinski definition) is 1. The van der Waals surface area contributed by atoms with E-state index in [-0.39, 0.29) is 5.97 Å². The van der Waals surface area contributed by atoms with E-state index < -0.39 is 0 Å². The first-order chi connectivity index (χ1) is 8.72. The lowest BCUT2D eigenvalue weighted by Gasteiger charge is -1.97. The maximum absolute atomic E-state index is 10.9. The molecule has 0 radical (unpaired) electrons. The summed E-state index contributed by atoms with van der Waals surface area (Å²) in [6, 6.07) is 13.3. The molecule has 2 aromatic rings. The van der Waals surface area contributed by atoms with E-state index >= 15 is 0 Å². The van der Waals surface area contributed by atoms with Crippen molar-refractivity contribution in [2.45, 2.75) is 13.3 Å². The predicted molar refractivity (Wildman–Crippen MR) is 75.5 cm³/mol. The van der Waals surface area contributed by atoms with Crippen molar-refractivity contribution < 1.29 is 9.53 Å². The standard InChI is InChI=1S/C8H10O2S.C6H7N/c1-2-10-8(9)6-7-4-3-5-11-7;7-6-4-2-1-3-5-6/h3-5H,2,6H2,1H3;1-5H,7H2. The van der Waals surface area contributed by atoms with Crippen LogP contribution >= 0.6 is 11.3 Å². The topological polar surface area (TPSA) is 52.3 Å². The third-order valence-electron chi connectivity index (χ3n) is 2.00. The molecule has 1 heterocycles. The summed E-state index contributed by atoms with van der Waals surface area (Å²) in [6.07, 6.45) is 0.408. The molecule has 18 heavy (non-hydrogen) atoms. The summed E-state index contributed by atoms with van der Waals surface area (Å²) in [5, 5.41) is 1.95. The number of esters is 1. The van der Waals surface area contributed by atoms with E-state index in [1.165, 1.54) is 0 Å². The molecular weight excluding hydrogens is 246 g/mol. The van der Waals surface area contributed by atoms with Crippen molar-refractivity contribution >= 4 is 23.0 Å². The zero-order valence-corrected chi connectivity index (χ0v) is 11.2. The molecule has 0 fully saturated rings. The number of thiophene rings is 1. The summed E-state index contributed by atoms with van der Waals surface area (Å²) in [5.41, 5.74) is 6.18. The maximum atomic E-state index is 10.9. The van der Waals surface area contributed by atoms with Gasteiger partial charge in [-0.3, -0.25) is 4.79 Å². The van der Waals surface area contributed by atoms with Crippen molar-refractivity contribution in [1.29, 1.82) is 0 Å². The van der Waals surface area contributed by atoms with Gasteiger partial charge in [-0.25, -0.2) is 0 Å². The smallest absolute Gasteiger partial charge is 0.311 e. The average Bonchev–Trinajstić information content (AvgIpc) is 2.84. The zero-order chi connectivity index (χ0) is 13.2. The molecule has 0 aliphatic heterocycles. The molecule has 1 aromatic carbocycles. The molecule has 0 saturated heterocycles. The summed E-state index contributed by atoms with van der Waals surface area (Å²) < 4.78 is 4.78. The Morgan fingerprint density at radius 3 is 2.39 bits per heavy atom. The van der Waals surface area contributed by atoms with Crippen molar-refractivity contribution in [3.8, 4) is 0 Å². The number of ether oxygens (including phenoxy) is 1. The summed E-state index contributed by atoms with van der Waals surface area (Å²) in [6.45, 7) is 2.27. The van der Waals surface area contributed by atoms with Crippen LogP contribution < -0.4 is 5.73 Å². The molecule has 0 aliphatic carbocycles. The molecule has 3 nitrogen and oxygen atoms in total. The number of nitrogen functional groups attached to an aromatic ring is 1. The normalized spacial score (nSPS) is 9.17. The lowest BCUT2D eigenvalue weighted by Crippen LogP contribution is -2.05. The van der Waals surface area contributed by atoms with Crippen molar-refractivity contribution in [3.63, 3.8) is 0 Å². The van der Waals surface area contributed by atoms with Gasteiger partial charge in [0.15, 0.2) is 0 Å². The van der Waals surface area contributed by atoms with Crippen LogP contribution in [0, 0.1) is 0 Å². The molecular formula is C14H17NO2S. The Hall–Kier alpha value is -1.81. The van der Waals surface area contributed by atoms with E-state index in [0.29, 0.717) is 13.0 Å². The van der Waals surface area contributed by atoms with Gasteiger partial charge in [0.2, 0.25) is 0 Å². The Morgan fingerprint density at radius 2 is 1.94 bits per heavy atom. The number of anilines is 1. The van der Waals surface area contributed by atoms with Gasteiger partial charge in [0.1, 0.15) is 0 Å². The van der Waals surface area contributed by atoms with Crippen LogP contribution in [0.15, 0.2) is 47.8 Å². The van der Waals surface area contributed by atoms with Crippen LogP contribution in [0.4, 0.5) is 5.69 Å². The summed E-state index contributed by atoms with van der Waals surface area (Å²) >= 11 is 1.58. The van der Waals surface area contributed by atoms with Gasteiger partial charge < -0.3 is 10.5 Å². The Bertz CT molecular complexity index is 440. The third kappa shape index (κ3) is 6.06. The van der Waals surface area contributed by atoms with Gasteiger partial charge in [-0.1, -0.05) is 24.3 Å². The highest BCUT2D eigenvalue weighted by atomic mass is 32.1. The summed E-state index contributed by atoms with van der Waals surface area (Å²) in [4.78, 5) is 12.0. The number of carbonyl (C=O) groups is 1. The van der Waals surface area contributed by atoms with Gasteiger partial charge in [0.25, 0.3) is 0 Å². The summed E-state index contributed by atoms with van der Waals surface area (Å²) in [5.74, 6) is -0.144. The van der Waals surface area contributed by atoms with Crippen LogP contribution in [0.3, 0.4) is 0 Å². The van der Waals surface area contributed by atoms with Crippen molar-refractivity contribution in [2.24, 2.45) is 0 Å². The van der Waals surface area contributed by atoms with Gasteiger partial charge in [0, 0.05) is 10.6 Å². The third-order valence-corrected chi connectivity index (χ3v) is 2.88. The number of rotatable bonds is 3. The second kappa shape index (κ2) is 8.31. The first kappa shape index (κ1) is 14.3. The Balaban J connectivity index is 0.000000199. The predicted octanol–water partition coefficient (Wildman–Crippen LogP) is 3.12. The molecule has 1 aromatic heterocycles. The lowest BCUT2D eigenvalue weighted by atomic mass is 10.3. The number of para-hydroxylation sites is 1. The molecule has 0 amide bonds. The number of hydrogen-bond acceptors (Lipinski definition) is 4. The monoisotopic (exact) mass is 263 g/mol. The maximum Gasteiger partial charge on any atom is 0.311 e. The molecule has 2 rings (SSSR count). The first-order valence-corrected chi connectivity index (χ1v) is 6.59. The second-order valence-electron chi connectivity index (χ2n) is 3.47. The molecule has 0 spiro atoms. The Kier molecular flexibility index (Phi) is 6.58. The lowest BCUT2D eigenvalue weighted by molar-refractivity contribution is -0.142. The number of carbonyl (C=O) groups excluding carboxylic acids is 1. The minimum absolute atomic E-state index is 0.144. The molecule has 2 N–H and O–H groups in total. The minimum atomic E-state index is -0.144. The molecule has 96 valence electrons. The van der Waals surface area contributed by atoms with Crippen LogP contribution in [0.25, 0.3) is 0 Å². The number of nitrogens with two attached hydrogens (primary N) is 1. The minimum Gasteiger partial charge on any atom is -0.466 e. The van der Waals surface area contributed by atoms with Crippen molar-refractivity contribution in [2.75, 3.05) is 12.3 Å². The van der Waals surface area contributed by atoms with Crippen LogP contribution in [-0.2, 0) is 16.0 Å². The Labute approximate surface area is 111 Å². The van der Waals surface area contributed by atoms with Gasteiger partial charge in [-0.2, -0.15) is 0 Å². The second-order valence-corrected chi connectivity index (χ2v) is 4.50. The van der Waals surface area contributed by atoms with E-state index in [4.69, 9.17) is 10.5 Å². The van der Waals surface area contributed by atoms with Crippen LogP contribution in [0.1, 0.15) is 11.8 Å². The molecule has 0 bridgehead atoms.